The fourth-order valence-electron chi connectivity index (χ4n) is 2.06. The minimum atomic E-state index is -4.13. The second kappa shape index (κ2) is 6.52. The third kappa shape index (κ3) is 4.95. The van der Waals surface area contributed by atoms with Gasteiger partial charge in [0.1, 0.15) is 0 Å². The third-order valence-electron chi connectivity index (χ3n) is 2.98. The minimum absolute atomic E-state index is 0.342. The van der Waals surface area contributed by atoms with Crippen molar-refractivity contribution in [3.05, 3.63) is 24.3 Å². The van der Waals surface area contributed by atoms with Gasteiger partial charge in [0, 0.05) is 16.6 Å². The lowest BCUT2D eigenvalue weighted by Gasteiger charge is -2.25. The average Bonchev–Trinajstić information content (AvgIpc) is 2.38. The molecule has 1 aromatic rings. The molecule has 1 aromatic carbocycles. The quantitative estimate of drug-likeness (QED) is 0.830. The van der Waals surface area contributed by atoms with Crippen LogP contribution >= 0.6 is 11.8 Å². The molecule has 0 saturated carbocycles. The van der Waals surface area contributed by atoms with E-state index in [1.54, 1.807) is 12.1 Å². The van der Waals surface area contributed by atoms with Gasteiger partial charge in [-0.25, -0.2) is 0 Å². The van der Waals surface area contributed by atoms with E-state index >= 15 is 0 Å². The molecule has 0 atom stereocenters. The van der Waals surface area contributed by atoms with Crippen LogP contribution in [0.4, 0.5) is 18.9 Å². The summed E-state index contributed by atoms with van der Waals surface area (Å²) in [5.41, 5.74) is 0.809. The number of hydrogen-bond donors (Lipinski definition) is 2. The molecule has 1 aliphatic rings. The summed E-state index contributed by atoms with van der Waals surface area (Å²) in [6, 6.07) is 7.54. The molecule has 0 aliphatic carbocycles. The van der Waals surface area contributed by atoms with Crippen LogP contribution in [0, 0.1) is 0 Å². The number of hydrogen-bond acceptors (Lipinski definition) is 3. The maximum atomic E-state index is 12.3. The number of halogens is 3. The number of para-hydroxylation sites is 1. The number of alkyl halides is 3. The Balaban J connectivity index is 1.99. The van der Waals surface area contributed by atoms with Gasteiger partial charge in [-0.15, -0.1) is 11.8 Å². The predicted molar refractivity (Wildman–Crippen MR) is 72.7 cm³/mol. The van der Waals surface area contributed by atoms with E-state index in [0.717, 1.165) is 43.4 Å². The zero-order valence-electron chi connectivity index (χ0n) is 10.5. The highest BCUT2D eigenvalue weighted by atomic mass is 32.2. The first-order valence-electron chi connectivity index (χ1n) is 6.30. The Morgan fingerprint density at radius 1 is 1.21 bits per heavy atom. The molecule has 0 radical (unpaired) electrons. The Kier molecular flexibility index (Phi) is 4.99. The van der Waals surface area contributed by atoms with Crippen molar-refractivity contribution < 1.29 is 13.2 Å². The molecule has 1 fully saturated rings. The van der Waals surface area contributed by atoms with Gasteiger partial charge in [0.05, 0.1) is 5.75 Å². The lowest BCUT2D eigenvalue weighted by molar-refractivity contribution is -0.105. The molecule has 106 valence electrons. The standard InChI is InChI=1S/C13H17F3N2S/c14-13(15,16)9-19-12-4-2-1-3-11(12)18-10-5-7-17-8-6-10/h1-4,10,17-18H,5-9H2. The molecule has 0 spiro atoms. The Morgan fingerprint density at radius 3 is 2.58 bits per heavy atom. The number of rotatable bonds is 4. The first kappa shape index (κ1) is 14.5. The highest BCUT2D eigenvalue weighted by Crippen LogP contribution is 2.32. The first-order valence-corrected chi connectivity index (χ1v) is 7.29. The molecule has 2 nitrogen and oxygen atoms in total. The lowest BCUT2D eigenvalue weighted by Crippen LogP contribution is -2.35. The average molecular weight is 290 g/mol. The maximum absolute atomic E-state index is 12.3. The van der Waals surface area contributed by atoms with Crippen LogP contribution in [0.5, 0.6) is 0 Å². The highest BCUT2D eigenvalue weighted by Gasteiger charge is 2.27. The number of nitrogens with one attached hydrogen (secondary N) is 2. The zero-order chi connectivity index (χ0) is 13.7. The van der Waals surface area contributed by atoms with Gasteiger partial charge in [0.25, 0.3) is 0 Å². The fourth-order valence-corrected chi connectivity index (χ4v) is 2.83. The van der Waals surface area contributed by atoms with Crippen LogP contribution in [0.25, 0.3) is 0 Å². The van der Waals surface area contributed by atoms with Crippen molar-refractivity contribution in [1.82, 2.24) is 5.32 Å². The zero-order valence-corrected chi connectivity index (χ0v) is 11.3. The van der Waals surface area contributed by atoms with Crippen LogP contribution < -0.4 is 10.6 Å². The number of piperidine rings is 1. The van der Waals surface area contributed by atoms with Crippen molar-refractivity contribution in [2.24, 2.45) is 0 Å². The topological polar surface area (TPSA) is 24.1 Å². The van der Waals surface area contributed by atoms with E-state index in [0.29, 0.717) is 10.9 Å². The summed E-state index contributed by atoms with van der Waals surface area (Å²) in [6.45, 7) is 1.91. The van der Waals surface area contributed by atoms with Crippen LogP contribution in [0.3, 0.4) is 0 Å². The normalized spacial score (nSPS) is 17.4. The van der Waals surface area contributed by atoms with Crippen molar-refractivity contribution in [1.29, 1.82) is 0 Å². The Morgan fingerprint density at radius 2 is 1.89 bits per heavy atom. The molecular weight excluding hydrogens is 273 g/mol. The van der Waals surface area contributed by atoms with Gasteiger partial charge in [0.15, 0.2) is 0 Å². The van der Waals surface area contributed by atoms with Crippen LogP contribution in [-0.4, -0.2) is 31.1 Å². The van der Waals surface area contributed by atoms with Crippen molar-refractivity contribution >= 4 is 17.4 Å². The molecule has 0 aromatic heterocycles. The molecule has 6 heteroatoms. The van der Waals surface area contributed by atoms with E-state index in [1.807, 2.05) is 12.1 Å². The lowest BCUT2D eigenvalue weighted by atomic mass is 10.1. The smallest absolute Gasteiger partial charge is 0.381 e. The summed E-state index contributed by atoms with van der Waals surface area (Å²) in [4.78, 5) is 0.665. The molecule has 1 saturated heterocycles. The molecule has 1 aliphatic heterocycles. The number of benzene rings is 1. The molecular formula is C13H17F3N2S. The van der Waals surface area contributed by atoms with Gasteiger partial charge in [-0.3, -0.25) is 0 Å². The molecule has 19 heavy (non-hydrogen) atoms. The second-order valence-corrected chi connectivity index (χ2v) is 5.59. The van der Waals surface area contributed by atoms with Gasteiger partial charge in [-0.05, 0) is 38.1 Å². The molecule has 0 bridgehead atoms. The summed E-state index contributed by atoms with van der Waals surface area (Å²) in [5.74, 6) is -0.849. The largest absolute Gasteiger partial charge is 0.398 e. The van der Waals surface area contributed by atoms with E-state index in [1.165, 1.54) is 0 Å². The SMILES string of the molecule is FC(F)(F)CSc1ccccc1NC1CCNCC1. The van der Waals surface area contributed by atoms with Gasteiger partial charge in [-0.2, -0.15) is 13.2 Å². The minimum Gasteiger partial charge on any atom is -0.381 e. The van der Waals surface area contributed by atoms with Crippen LogP contribution in [0.15, 0.2) is 29.2 Å². The third-order valence-corrected chi connectivity index (χ3v) is 4.12. The summed E-state index contributed by atoms with van der Waals surface area (Å²) < 4.78 is 36.8. The fraction of sp³-hybridized carbons (Fsp3) is 0.538. The molecule has 1 heterocycles. The molecule has 0 unspecified atom stereocenters. The van der Waals surface area contributed by atoms with E-state index in [-0.39, 0.29) is 0 Å². The van der Waals surface area contributed by atoms with Crippen molar-refractivity contribution in [2.45, 2.75) is 30.0 Å². The van der Waals surface area contributed by atoms with Crippen molar-refractivity contribution in [3.63, 3.8) is 0 Å². The van der Waals surface area contributed by atoms with E-state index in [2.05, 4.69) is 10.6 Å². The second-order valence-electron chi connectivity index (χ2n) is 4.57. The Bertz CT molecular complexity index is 403. The molecule has 0 amide bonds. The molecule has 2 rings (SSSR count). The van der Waals surface area contributed by atoms with E-state index < -0.39 is 11.9 Å². The van der Waals surface area contributed by atoms with Gasteiger partial charge < -0.3 is 10.6 Å². The maximum Gasteiger partial charge on any atom is 0.398 e. The number of thioether (sulfide) groups is 1. The number of anilines is 1. The summed E-state index contributed by atoms with van der Waals surface area (Å²) in [7, 11) is 0. The Hall–Kier alpha value is -0.880. The Labute approximate surface area is 115 Å². The monoisotopic (exact) mass is 290 g/mol. The molecule has 2 N–H and O–H groups in total. The van der Waals surface area contributed by atoms with Gasteiger partial charge >= 0.3 is 6.18 Å². The van der Waals surface area contributed by atoms with Gasteiger partial charge in [0.2, 0.25) is 0 Å². The summed E-state index contributed by atoms with van der Waals surface area (Å²) >= 11 is 0.839. The van der Waals surface area contributed by atoms with Crippen LogP contribution in [-0.2, 0) is 0 Å². The van der Waals surface area contributed by atoms with Crippen LogP contribution in [0.2, 0.25) is 0 Å². The summed E-state index contributed by atoms with van der Waals surface area (Å²) in [6.07, 6.45) is -2.14. The summed E-state index contributed by atoms with van der Waals surface area (Å²) in [5, 5.41) is 6.62. The van der Waals surface area contributed by atoms with Crippen molar-refractivity contribution in [2.75, 3.05) is 24.2 Å². The first-order chi connectivity index (χ1) is 9.04. The van der Waals surface area contributed by atoms with E-state index in [4.69, 9.17) is 0 Å². The van der Waals surface area contributed by atoms with Gasteiger partial charge in [-0.1, -0.05) is 12.1 Å². The van der Waals surface area contributed by atoms with Crippen molar-refractivity contribution in [3.8, 4) is 0 Å². The predicted octanol–water partition coefficient (Wildman–Crippen LogP) is 3.50. The highest BCUT2D eigenvalue weighted by molar-refractivity contribution is 7.99. The van der Waals surface area contributed by atoms with Crippen LogP contribution in [0.1, 0.15) is 12.8 Å². The van der Waals surface area contributed by atoms with E-state index in [9.17, 15) is 13.2 Å².